The highest BCUT2D eigenvalue weighted by atomic mass is 19.1. The van der Waals surface area contributed by atoms with Crippen molar-refractivity contribution in [2.75, 3.05) is 13.1 Å². The van der Waals surface area contributed by atoms with E-state index in [1.54, 1.807) is 12.1 Å². The lowest BCUT2D eigenvalue weighted by atomic mass is 9.99. The first-order valence-electron chi connectivity index (χ1n) is 5.98. The molecule has 5 heteroatoms. The molecule has 4 nitrogen and oxygen atoms in total. The van der Waals surface area contributed by atoms with E-state index in [1.807, 2.05) is 13.0 Å². The highest BCUT2D eigenvalue weighted by Crippen LogP contribution is 2.27. The van der Waals surface area contributed by atoms with Gasteiger partial charge in [-0.2, -0.15) is 4.98 Å². The van der Waals surface area contributed by atoms with Gasteiger partial charge in [-0.3, -0.25) is 4.90 Å². The predicted octanol–water partition coefficient (Wildman–Crippen LogP) is 2.12. The van der Waals surface area contributed by atoms with E-state index in [0.29, 0.717) is 17.6 Å². The highest BCUT2D eigenvalue weighted by Gasteiger charge is 2.32. The van der Waals surface area contributed by atoms with E-state index in [-0.39, 0.29) is 5.82 Å². The van der Waals surface area contributed by atoms with E-state index >= 15 is 0 Å². The van der Waals surface area contributed by atoms with Crippen molar-refractivity contribution in [2.45, 2.75) is 19.4 Å². The minimum Gasteiger partial charge on any atom is -0.339 e. The summed E-state index contributed by atoms with van der Waals surface area (Å²) in [5.74, 6) is 1.52. The molecule has 0 radical (unpaired) electrons. The van der Waals surface area contributed by atoms with Crippen LogP contribution in [0.1, 0.15) is 23.2 Å². The van der Waals surface area contributed by atoms with Crippen molar-refractivity contribution in [3.63, 3.8) is 0 Å². The first-order chi connectivity index (χ1) is 8.70. The van der Waals surface area contributed by atoms with Crippen LogP contribution in [0.3, 0.4) is 0 Å². The van der Waals surface area contributed by atoms with Gasteiger partial charge in [0.2, 0.25) is 5.89 Å². The van der Waals surface area contributed by atoms with Gasteiger partial charge in [0.25, 0.3) is 0 Å². The lowest BCUT2D eigenvalue weighted by molar-refractivity contribution is 0.117. The van der Waals surface area contributed by atoms with E-state index in [0.717, 1.165) is 25.2 Å². The first-order valence-corrected chi connectivity index (χ1v) is 5.98. The van der Waals surface area contributed by atoms with E-state index in [9.17, 15) is 4.39 Å². The third-order valence-electron chi connectivity index (χ3n) is 3.14. The summed E-state index contributed by atoms with van der Waals surface area (Å²) in [6.07, 6.45) is 0. The van der Waals surface area contributed by atoms with Crippen LogP contribution >= 0.6 is 0 Å². The molecule has 2 aromatic rings. The van der Waals surface area contributed by atoms with Crippen molar-refractivity contribution in [3.8, 4) is 0 Å². The smallest absolute Gasteiger partial charge is 0.232 e. The largest absolute Gasteiger partial charge is 0.339 e. The fourth-order valence-electron chi connectivity index (χ4n) is 2.23. The Labute approximate surface area is 104 Å². The molecule has 0 aliphatic carbocycles. The zero-order chi connectivity index (χ0) is 12.5. The minimum atomic E-state index is -0.183. The molecule has 1 saturated heterocycles. The summed E-state index contributed by atoms with van der Waals surface area (Å²) in [6, 6.07) is 6.71. The van der Waals surface area contributed by atoms with Crippen molar-refractivity contribution in [1.29, 1.82) is 0 Å². The summed E-state index contributed by atoms with van der Waals surface area (Å²) in [5, 5.41) is 3.79. The van der Waals surface area contributed by atoms with E-state index in [2.05, 4.69) is 15.0 Å². The average molecular weight is 247 g/mol. The molecule has 1 fully saturated rings. The van der Waals surface area contributed by atoms with Gasteiger partial charge in [0, 0.05) is 19.6 Å². The van der Waals surface area contributed by atoms with Gasteiger partial charge < -0.3 is 4.52 Å². The molecule has 0 unspecified atom stereocenters. The molecule has 18 heavy (non-hydrogen) atoms. The lowest BCUT2D eigenvalue weighted by Gasteiger charge is -2.37. The summed E-state index contributed by atoms with van der Waals surface area (Å²) in [5.41, 5.74) is 0.996. The predicted molar refractivity (Wildman–Crippen MR) is 63.5 cm³/mol. The Morgan fingerprint density at radius 3 is 2.94 bits per heavy atom. The second kappa shape index (κ2) is 4.49. The number of halogens is 1. The molecule has 0 spiro atoms. The number of benzene rings is 1. The van der Waals surface area contributed by atoms with Crippen molar-refractivity contribution in [3.05, 3.63) is 47.4 Å². The number of rotatable bonds is 3. The Kier molecular flexibility index (Phi) is 2.83. The van der Waals surface area contributed by atoms with Gasteiger partial charge in [0.1, 0.15) is 5.82 Å². The molecule has 0 atom stereocenters. The molecule has 2 heterocycles. The number of hydrogen-bond acceptors (Lipinski definition) is 4. The second-order valence-electron chi connectivity index (χ2n) is 4.70. The number of aromatic nitrogens is 2. The Morgan fingerprint density at radius 1 is 1.44 bits per heavy atom. The van der Waals surface area contributed by atoms with Crippen LogP contribution in [0.15, 0.2) is 28.8 Å². The molecule has 0 amide bonds. The molecule has 0 bridgehead atoms. The molecule has 94 valence electrons. The summed E-state index contributed by atoms with van der Waals surface area (Å²) in [7, 11) is 0. The third-order valence-corrected chi connectivity index (χ3v) is 3.14. The van der Waals surface area contributed by atoms with Crippen LogP contribution in [0.25, 0.3) is 0 Å². The lowest BCUT2D eigenvalue weighted by Crippen LogP contribution is -2.44. The van der Waals surface area contributed by atoms with Crippen molar-refractivity contribution >= 4 is 0 Å². The van der Waals surface area contributed by atoms with E-state index in [4.69, 9.17) is 4.52 Å². The zero-order valence-corrected chi connectivity index (χ0v) is 10.1. The number of likely N-dealkylation sites (tertiary alicyclic amines) is 1. The fraction of sp³-hybridized carbons (Fsp3) is 0.385. The SMILES string of the molecule is Cc1noc(C2CN(Cc3cccc(F)c3)C2)n1. The Balaban J connectivity index is 1.56. The van der Waals surface area contributed by atoms with Crippen LogP contribution in [0.5, 0.6) is 0 Å². The molecular weight excluding hydrogens is 233 g/mol. The second-order valence-corrected chi connectivity index (χ2v) is 4.70. The molecular formula is C13H14FN3O. The van der Waals surface area contributed by atoms with Crippen LogP contribution < -0.4 is 0 Å². The van der Waals surface area contributed by atoms with Crippen LogP contribution in [0.4, 0.5) is 4.39 Å². The third kappa shape index (κ3) is 2.26. The fourth-order valence-corrected chi connectivity index (χ4v) is 2.23. The Morgan fingerprint density at radius 2 is 2.28 bits per heavy atom. The van der Waals surface area contributed by atoms with Gasteiger partial charge in [-0.15, -0.1) is 0 Å². The van der Waals surface area contributed by atoms with E-state index in [1.165, 1.54) is 6.07 Å². The highest BCUT2D eigenvalue weighted by molar-refractivity contribution is 5.17. The quantitative estimate of drug-likeness (QED) is 0.833. The topological polar surface area (TPSA) is 42.2 Å². The summed E-state index contributed by atoms with van der Waals surface area (Å²) in [6.45, 7) is 4.36. The van der Waals surface area contributed by atoms with Gasteiger partial charge in [-0.25, -0.2) is 4.39 Å². The van der Waals surface area contributed by atoms with Crippen molar-refractivity contribution in [2.24, 2.45) is 0 Å². The molecule has 0 N–H and O–H groups in total. The van der Waals surface area contributed by atoms with Crippen LogP contribution in [0.2, 0.25) is 0 Å². The molecule has 1 aromatic heterocycles. The maximum atomic E-state index is 13.0. The molecule has 1 aromatic carbocycles. The van der Waals surface area contributed by atoms with Gasteiger partial charge >= 0.3 is 0 Å². The standard InChI is InChI=1S/C13H14FN3O/c1-9-15-13(18-16-9)11-7-17(8-11)6-10-3-2-4-12(14)5-10/h2-5,11H,6-8H2,1H3. The summed E-state index contributed by atoms with van der Waals surface area (Å²) >= 11 is 0. The van der Waals surface area contributed by atoms with Gasteiger partial charge in [-0.1, -0.05) is 17.3 Å². The average Bonchev–Trinajstić information content (AvgIpc) is 2.69. The summed E-state index contributed by atoms with van der Waals surface area (Å²) < 4.78 is 18.2. The van der Waals surface area contributed by atoms with Gasteiger partial charge in [-0.05, 0) is 24.6 Å². The van der Waals surface area contributed by atoms with Gasteiger partial charge in [0.15, 0.2) is 5.82 Å². The molecule has 1 aliphatic rings. The zero-order valence-electron chi connectivity index (χ0n) is 10.1. The maximum absolute atomic E-state index is 13.0. The number of aryl methyl sites for hydroxylation is 1. The minimum absolute atomic E-state index is 0.183. The van der Waals surface area contributed by atoms with E-state index < -0.39 is 0 Å². The van der Waals surface area contributed by atoms with Crippen molar-refractivity contribution < 1.29 is 8.91 Å². The normalized spacial score (nSPS) is 16.8. The maximum Gasteiger partial charge on any atom is 0.232 e. The summed E-state index contributed by atoms with van der Waals surface area (Å²) in [4.78, 5) is 6.46. The molecule has 0 saturated carbocycles. The van der Waals surface area contributed by atoms with Gasteiger partial charge in [0.05, 0.1) is 5.92 Å². The molecule has 3 rings (SSSR count). The van der Waals surface area contributed by atoms with Crippen LogP contribution in [-0.4, -0.2) is 28.1 Å². The molecule has 1 aliphatic heterocycles. The number of hydrogen-bond donors (Lipinski definition) is 0. The Bertz CT molecular complexity index is 549. The monoisotopic (exact) mass is 247 g/mol. The number of nitrogens with zero attached hydrogens (tertiary/aromatic N) is 3. The Hall–Kier alpha value is -1.75. The first kappa shape index (κ1) is 11.3. The van der Waals surface area contributed by atoms with Crippen LogP contribution in [0, 0.1) is 12.7 Å². The van der Waals surface area contributed by atoms with Crippen molar-refractivity contribution in [1.82, 2.24) is 15.0 Å². The van der Waals surface area contributed by atoms with Crippen LogP contribution in [-0.2, 0) is 6.54 Å².